The number of ether oxygens (including phenoxy) is 1. The second-order valence-electron chi connectivity index (χ2n) is 4.27. The summed E-state index contributed by atoms with van der Waals surface area (Å²) in [6, 6.07) is 4.07. The second kappa shape index (κ2) is 6.38. The summed E-state index contributed by atoms with van der Waals surface area (Å²) >= 11 is 1.84. The van der Waals surface area contributed by atoms with Crippen molar-refractivity contribution >= 4 is 11.8 Å². The molecule has 3 nitrogen and oxygen atoms in total. The van der Waals surface area contributed by atoms with E-state index in [0.717, 1.165) is 30.2 Å². The Bertz CT molecular complexity index is 336. The highest BCUT2D eigenvalue weighted by atomic mass is 32.2. The smallest absolute Gasteiger partial charge is 0.0928 e. The summed E-state index contributed by atoms with van der Waals surface area (Å²) in [7, 11) is 0. The van der Waals surface area contributed by atoms with Crippen molar-refractivity contribution in [3.8, 4) is 0 Å². The first-order chi connectivity index (χ1) is 8.29. The third kappa shape index (κ3) is 3.69. The molecule has 0 saturated carbocycles. The van der Waals surface area contributed by atoms with Gasteiger partial charge >= 0.3 is 0 Å². The molecule has 1 aromatic heterocycles. The highest BCUT2D eigenvalue weighted by Crippen LogP contribution is 2.17. The van der Waals surface area contributed by atoms with Gasteiger partial charge in [0, 0.05) is 29.8 Å². The molecule has 17 heavy (non-hydrogen) atoms. The Balaban J connectivity index is 1.89. The molecule has 2 heterocycles. The molecule has 0 spiro atoms. The molecule has 2 unspecified atom stereocenters. The van der Waals surface area contributed by atoms with E-state index >= 15 is 0 Å². The molecule has 1 fully saturated rings. The SMILES string of the molecule is CCc1ccc(CC(O)C2CSCCO2)nc1. The molecule has 2 atom stereocenters. The summed E-state index contributed by atoms with van der Waals surface area (Å²) in [5.74, 6) is 1.92. The zero-order valence-corrected chi connectivity index (χ0v) is 10.9. The van der Waals surface area contributed by atoms with Gasteiger partial charge < -0.3 is 9.84 Å². The number of nitrogens with zero attached hydrogens (tertiary/aromatic N) is 1. The number of hydrogen-bond acceptors (Lipinski definition) is 4. The predicted molar refractivity (Wildman–Crippen MR) is 70.4 cm³/mol. The highest BCUT2D eigenvalue weighted by molar-refractivity contribution is 7.99. The Morgan fingerprint density at radius 2 is 2.47 bits per heavy atom. The Labute approximate surface area is 107 Å². The van der Waals surface area contributed by atoms with Gasteiger partial charge in [-0.15, -0.1) is 0 Å². The van der Waals surface area contributed by atoms with Crippen molar-refractivity contribution in [2.75, 3.05) is 18.1 Å². The molecule has 1 aliphatic rings. The van der Waals surface area contributed by atoms with Crippen molar-refractivity contribution in [1.29, 1.82) is 0 Å². The van der Waals surface area contributed by atoms with Gasteiger partial charge in [-0.3, -0.25) is 4.98 Å². The van der Waals surface area contributed by atoms with Crippen LogP contribution in [0.2, 0.25) is 0 Å². The van der Waals surface area contributed by atoms with Gasteiger partial charge in [-0.1, -0.05) is 13.0 Å². The van der Waals surface area contributed by atoms with E-state index in [1.165, 1.54) is 5.56 Å². The van der Waals surface area contributed by atoms with Gasteiger partial charge in [0.2, 0.25) is 0 Å². The molecule has 1 N–H and O–H groups in total. The fourth-order valence-electron chi connectivity index (χ4n) is 1.86. The minimum absolute atomic E-state index is 0.0404. The van der Waals surface area contributed by atoms with Crippen LogP contribution in [0.25, 0.3) is 0 Å². The summed E-state index contributed by atoms with van der Waals surface area (Å²) in [6.07, 6.45) is 2.98. The van der Waals surface area contributed by atoms with E-state index < -0.39 is 6.10 Å². The van der Waals surface area contributed by atoms with Crippen LogP contribution in [-0.4, -0.2) is 40.4 Å². The minimum atomic E-state index is -0.442. The maximum Gasteiger partial charge on any atom is 0.0928 e. The fourth-order valence-corrected chi connectivity index (χ4v) is 2.79. The standard InChI is InChI=1S/C13H19NO2S/c1-2-10-3-4-11(14-8-10)7-12(15)13-9-17-6-5-16-13/h3-4,8,12-13,15H,2,5-7,9H2,1H3. The monoisotopic (exact) mass is 253 g/mol. The topological polar surface area (TPSA) is 42.4 Å². The fraction of sp³-hybridized carbons (Fsp3) is 0.615. The Kier molecular flexibility index (Phi) is 4.83. The van der Waals surface area contributed by atoms with E-state index in [0.29, 0.717) is 6.42 Å². The molecule has 0 bridgehead atoms. The molecular formula is C13H19NO2S. The molecule has 0 amide bonds. The van der Waals surface area contributed by atoms with Gasteiger partial charge in [0.1, 0.15) is 0 Å². The van der Waals surface area contributed by atoms with Crippen LogP contribution >= 0.6 is 11.8 Å². The Hall–Kier alpha value is -0.580. The average molecular weight is 253 g/mol. The second-order valence-corrected chi connectivity index (χ2v) is 5.42. The van der Waals surface area contributed by atoms with Crippen LogP contribution in [0.15, 0.2) is 18.3 Å². The zero-order chi connectivity index (χ0) is 12.1. The molecular weight excluding hydrogens is 234 g/mol. The van der Waals surface area contributed by atoms with Crippen molar-refractivity contribution in [3.05, 3.63) is 29.6 Å². The molecule has 1 aromatic rings. The van der Waals surface area contributed by atoms with Crippen molar-refractivity contribution < 1.29 is 9.84 Å². The van der Waals surface area contributed by atoms with Gasteiger partial charge in [-0.25, -0.2) is 0 Å². The van der Waals surface area contributed by atoms with Crippen molar-refractivity contribution in [2.24, 2.45) is 0 Å². The Morgan fingerprint density at radius 1 is 1.59 bits per heavy atom. The molecule has 0 radical (unpaired) electrons. The number of hydrogen-bond donors (Lipinski definition) is 1. The highest BCUT2D eigenvalue weighted by Gasteiger charge is 2.23. The van der Waals surface area contributed by atoms with Crippen LogP contribution in [0.4, 0.5) is 0 Å². The van der Waals surface area contributed by atoms with Crippen LogP contribution in [0.3, 0.4) is 0 Å². The van der Waals surface area contributed by atoms with Crippen molar-refractivity contribution in [2.45, 2.75) is 32.0 Å². The maximum atomic E-state index is 10.1. The van der Waals surface area contributed by atoms with E-state index in [2.05, 4.69) is 18.0 Å². The number of aryl methyl sites for hydroxylation is 1. The summed E-state index contributed by atoms with van der Waals surface area (Å²) in [5, 5.41) is 10.1. The lowest BCUT2D eigenvalue weighted by Gasteiger charge is -2.26. The number of aliphatic hydroxyl groups is 1. The Morgan fingerprint density at radius 3 is 3.06 bits per heavy atom. The molecule has 0 aromatic carbocycles. The first-order valence-corrected chi connectivity index (χ1v) is 7.26. The third-order valence-electron chi connectivity index (χ3n) is 2.98. The number of rotatable bonds is 4. The molecule has 1 aliphatic heterocycles. The quantitative estimate of drug-likeness (QED) is 0.886. The van der Waals surface area contributed by atoms with Crippen LogP contribution in [0.5, 0.6) is 0 Å². The van der Waals surface area contributed by atoms with Gasteiger partial charge in [0.25, 0.3) is 0 Å². The molecule has 1 saturated heterocycles. The normalized spacial score (nSPS) is 22.4. The minimum Gasteiger partial charge on any atom is -0.390 e. The van der Waals surface area contributed by atoms with Gasteiger partial charge in [-0.2, -0.15) is 11.8 Å². The first kappa shape index (κ1) is 12.9. The first-order valence-electron chi connectivity index (χ1n) is 6.11. The van der Waals surface area contributed by atoms with Gasteiger partial charge in [-0.05, 0) is 18.1 Å². The van der Waals surface area contributed by atoms with E-state index in [4.69, 9.17) is 4.74 Å². The van der Waals surface area contributed by atoms with Crippen LogP contribution in [0, 0.1) is 0 Å². The lowest BCUT2D eigenvalue weighted by Crippen LogP contribution is -2.36. The lowest BCUT2D eigenvalue weighted by atomic mass is 10.1. The lowest BCUT2D eigenvalue weighted by molar-refractivity contribution is -0.0211. The number of thioether (sulfide) groups is 1. The number of aliphatic hydroxyl groups excluding tert-OH is 1. The van der Waals surface area contributed by atoms with Crippen LogP contribution < -0.4 is 0 Å². The van der Waals surface area contributed by atoms with Crippen molar-refractivity contribution in [3.63, 3.8) is 0 Å². The van der Waals surface area contributed by atoms with Crippen LogP contribution in [-0.2, 0) is 17.6 Å². The molecule has 2 rings (SSSR count). The molecule has 0 aliphatic carbocycles. The number of pyridine rings is 1. The van der Waals surface area contributed by atoms with E-state index in [1.54, 1.807) is 0 Å². The molecule has 94 valence electrons. The van der Waals surface area contributed by atoms with Crippen molar-refractivity contribution in [1.82, 2.24) is 4.98 Å². The maximum absolute atomic E-state index is 10.1. The van der Waals surface area contributed by atoms with Gasteiger partial charge in [0.05, 0.1) is 18.8 Å². The summed E-state index contributed by atoms with van der Waals surface area (Å²) in [5.41, 5.74) is 2.17. The predicted octanol–water partition coefficient (Wildman–Crippen LogP) is 1.68. The third-order valence-corrected chi connectivity index (χ3v) is 4.00. The summed E-state index contributed by atoms with van der Waals surface area (Å²) in [6.45, 7) is 2.85. The largest absolute Gasteiger partial charge is 0.390 e. The van der Waals surface area contributed by atoms with E-state index in [1.807, 2.05) is 24.0 Å². The van der Waals surface area contributed by atoms with E-state index in [9.17, 15) is 5.11 Å². The molecule has 4 heteroatoms. The number of aromatic nitrogens is 1. The summed E-state index contributed by atoms with van der Waals surface area (Å²) < 4.78 is 5.56. The van der Waals surface area contributed by atoms with E-state index in [-0.39, 0.29) is 6.10 Å². The van der Waals surface area contributed by atoms with Gasteiger partial charge in [0.15, 0.2) is 0 Å². The average Bonchev–Trinajstić information content (AvgIpc) is 2.40. The van der Waals surface area contributed by atoms with Crippen LogP contribution in [0.1, 0.15) is 18.2 Å². The summed E-state index contributed by atoms with van der Waals surface area (Å²) in [4.78, 5) is 4.36. The zero-order valence-electron chi connectivity index (χ0n) is 10.1.